The Hall–Kier alpha value is -5.76. The summed E-state index contributed by atoms with van der Waals surface area (Å²) in [5.74, 6) is 0. The molecule has 0 radical (unpaired) electrons. The van der Waals surface area contributed by atoms with E-state index in [-0.39, 0.29) is 0 Å². The second kappa shape index (κ2) is 12.2. The van der Waals surface area contributed by atoms with Crippen LogP contribution < -0.4 is 10.6 Å². The summed E-state index contributed by atoms with van der Waals surface area (Å²) in [6.07, 6.45) is 0. The zero-order chi connectivity index (χ0) is 28.7. The van der Waals surface area contributed by atoms with Crippen LogP contribution in [0.4, 0.5) is 45.5 Å². The highest BCUT2D eigenvalue weighted by Gasteiger charge is 2.11. The molecule has 0 aliphatic heterocycles. The second-order valence-electron chi connectivity index (χ2n) is 9.44. The van der Waals surface area contributed by atoms with Crippen LogP contribution in [-0.4, -0.2) is 14.1 Å². The summed E-state index contributed by atoms with van der Waals surface area (Å²) < 4.78 is 0. The molecule has 8 nitrogen and oxygen atoms in total. The van der Waals surface area contributed by atoms with Crippen LogP contribution in [0.5, 0.6) is 0 Å². The fourth-order valence-corrected chi connectivity index (χ4v) is 4.78. The lowest BCUT2D eigenvalue weighted by Gasteiger charge is -2.08. The highest BCUT2D eigenvalue weighted by atomic mass is 15.2. The Morgan fingerprint density at radius 3 is 1.36 bits per heavy atom. The monoisotopic (exact) mass is 548 g/mol. The van der Waals surface area contributed by atoms with E-state index in [1.165, 1.54) is 0 Å². The van der Waals surface area contributed by atoms with E-state index >= 15 is 0 Å². The summed E-state index contributed by atoms with van der Waals surface area (Å²) in [5.41, 5.74) is 5.79. The van der Waals surface area contributed by atoms with Gasteiger partial charge in [-0.1, -0.05) is 72.8 Å². The number of benzene rings is 6. The first kappa shape index (κ1) is 26.5. The maximum Gasteiger partial charge on any atom is 0.141 e. The average Bonchev–Trinajstić information content (AvgIpc) is 3.05. The predicted octanol–water partition coefficient (Wildman–Crippen LogP) is 11.3. The van der Waals surface area contributed by atoms with E-state index in [9.17, 15) is 0 Å². The highest BCUT2D eigenvalue weighted by Crippen LogP contribution is 2.42. The zero-order valence-corrected chi connectivity index (χ0v) is 23.2. The molecule has 0 amide bonds. The molecule has 0 aliphatic rings. The zero-order valence-electron chi connectivity index (χ0n) is 23.2. The van der Waals surface area contributed by atoms with Crippen LogP contribution in [0.15, 0.2) is 152 Å². The van der Waals surface area contributed by atoms with E-state index in [0.717, 1.165) is 50.0 Å². The molecule has 0 aromatic heterocycles. The Kier molecular flexibility index (Phi) is 7.67. The van der Waals surface area contributed by atoms with Crippen LogP contribution in [0.2, 0.25) is 0 Å². The van der Waals surface area contributed by atoms with Gasteiger partial charge in [0.1, 0.15) is 17.1 Å². The van der Waals surface area contributed by atoms with Crippen molar-refractivity contribution in [2.24, 2.45) is 30.7 Å². The number of fused-ring (bicyclic) bond motifs is 2. The van der Waals surface area contributed by atoms with Crippen molar-refractivity contribution < 1.29 is 0 Å². The van der Waals surface area contributed by atoms with Crippen molar-refractivity contribution in [3.05, 3.63) is 121 Å². The summed E-state index contributed by atoms with van der Waals surface area (Å²) in [6.45, 7) is 0. The first-order valence-corrected chi connectivity index (χ1v) is 13.6. The molecule has 0 heterocycles. The Morgan fingerprint density at radius 2 is 0.810 bits per heavy atom. The normalized spacial score (nSPS) is 11.8. The summed E-state index contributed by atoms with van der Waals surface area (Å²) in [6, 6.07) is 39.2. The fraction of sp³-hybridized carbons (Fsp3) is 0.0588. The molecular weight excluding hydrogens is 520 g/mol. The Bertz CT molecular complexity index is 1960. The molecule has 6 aromatic rings. The van der Waals surface area contributed by atoms with Crippen LogP contribution in [0.25, 0.3) is 21.5 Å². The van der Waals surface area contributed by atoms with Crippen LogP contribution in [0.3, 0.4) is 0 Å². The van der Waals surface area contributed by atoms with Gasteiger partial charge in [0.25, 0.3) is 0 Å². The SMILES string of the molecule is CNc1ccc(N=Nc2cccc(N=Nc3ccccc3)c2N=Nc2ccc(NC)c3ccccc23)c2ccccc12. The van der Waals surface area contributed by atoms with Crippen LogP contribution >= 0.6 is 0 Å². The first-order chi connectivity index (χ1) is 20.7. The number of rotatable bonds is 8. The second-order valence-corrected chi connectivity index (χ2v) is 9.44. The molecule has 42 heavy (non-hydrogen) atoms. The number of hydrogen-bond acceptors (Lipinski definition) is 8. The van der Waals surface area contributed by atoms with E-state index < -0.39 is 0 Å². The quantitative estimate of drug-likeness (QED) is 0.185. The van der Waals surface area contributed by atoms with E-state index in [1.807, 2.05) is 123 Å². The van der Waals surface area contributed by atoms with Crippen molar-refractivity contribution in [3.8, 4) is 0 Å². The maximum atomic E-state index is 4.68. The Morgan fingerprint density at radius 1 is 0.357 bits per heavy atom. The number of nitrogens with one attached hydrogen (secondary N) is 2. The molecule has 0 aliphatic carbocycles. The molecule has 0 unspecified atom stereocenters. The number of nitrogens with zero attached hydrogens (tertiary/aromatic N) is 6. The molecule has 0 fully saturated rings. The lowest BCUT2D eigenvalue weighted by atomic mass is 10.1. The summed E-state index contributed by atoms with van der Waals surface area (Å²) in [5, 5.41) is 38.2. The minimum Gasteiger partial charge on any atom is -0.388 e. The van der Waals surface area contributed by atoms with Gasteiger partial charge in [-0.05, 0) is 48.5 Å². The topological polar surface area (TPSA) is 98.2 Å². The largest absolute Gasteiger partial charge is 0.388 e. The number of azo groups is 3. The predicted molar refractivity (Wildman–Crippen MR) is 172 cm³/mol. The van der Waals surface area contributed by atoms with Crippen molar-refractivity contribution in [1.29, 1.82) is 0 Å². The molecular formula is C34H28N8. The van der Waals surface area contributed by atoms with Gasteiger partial charge in [-0.15, -0.1) is 25.6 Å². The summed E-state index contributed by atoms with van der Waals surface area (Å²) in [4.78, 5) is 0. The molecule has 0 atom stereocenters. The van der Waals surface area contributed by atoms with Gasteiger partial charge in [0.15, 0.2) is 0 Å². The van der Waals surface area contributed by atoms with E-state index in [1.54, 1.807) is 0 Å². The van der Waals surface area contributed by atoms with Gasteiger partial charge < -0.3 is 10.6 Å². The van der Waals surface area contributed by atoms with Gasteiger partial charge in [-0.25, -0.2) is 0 Å². The van der Waals surface area contributed by atoms with Gasteiger partial charge >= 0.3 is 0 Å². The van der Waals surface area contributed by atoms with Gasteiger partial charge in [-0.2, -0.15) is 5.11 Å². The molecule has 0 saturated heterocycles. The Balaban J connectivity index is 1.45. The van der Waals surface area contributed by atoms with Gasteiger partial charge in [0.05, 0.1) is 17.1 Å². The van der Waals surface area contributed by atoms with Crippen molar-refractivity contribution in [2.45, 2.75) is 0 Å². The lowest BCUT2D eigenvalue weighted by Crippen LogP contribution is -1.89. The molecule has 0 bridgehead atoms. The minimum absolute atomic E-state index is 0.471. The van der Waals surface area contributed by atoms with Crippen molar-refractivity contribution in [3.63, 3.8) is 0 Å². The molecule has 6 aromatic carbocycles. The van der Waals surface area contributed by atoms with Crippen molar-refractivity contribution >= 4 is 67.0 Å². The molecule has 8 heteroatoms. The minimum atomic E-state index is 0.471. The number of hydrogen-bond donors (Lipinski definition) is 2. The molecule has 204 valence electrons. The van der Waals surface area contributed by atoms with E-state index in [0.29, 0.717) is 17.1 Å². The third-order valence-corrected chi connectivity index (χ3v) is 6.89. The molecule has 0 saturated carbocycles. The third-order valence-electron chi connectivity index (χ3n) is 6.89. The van der Waals surface area contributed by atoms with Gasteiger partial charge in [0, 0.05) is 47.0 Å². The molecule has 0 spiro atoms. The fourth-order valence-electron chi connectivity index (χ4n) is 4.78. The third kappa shape index (κ3) is 5.46. The van der Waals surface area contributed by atoms with Crippen molar-refractivity contribution in [1.82, 2.24) is 0 Å². The summed E-state index contributed by atoms with van der Waals surface area (Å²) in [7, 11) is 3.81. The summed E-state index contributed by atoms with van der Waals surface area (Å²) >= 11 is 0. The van der Waals surface area contributed by atoms with Crippen LogP contribution in [0, 0.1) is 0 Å². The van der Waals surface area contributed by atoms with E-state index in [4.69, 9.17) is 0 Å². The smallest absolute Gasteiger partial charge is 0.141 e. The molecule has 6 rings (SSSR count). The number of anilines is 2. The van der Waals surface area contributed by atoms with Gasteiger partial charge in [0.2, 0.25) is 0 Å². The van der Waals surface area contributed by atoms with Crippen molar-refractivity contribution in [2.75, 3.05) is 24.7 Å². The molecule has 2 N–H and O–H groups in total. The Labute approximate surface area is 243 Å². The lowest BCUT2D eigenvalue weighted by molar-refractivity contribution is 1.16. The average molecular weight is 549 g/mol. The standard InChI is InChI=1S/C34H28N8/c1-35-28-19-21-30(26-15-8-6-13-24(26)28)38-41-33-18-10-17-32(40-37-23-11-4-3-5-12-23)34(33)42-39-31-22-20-29(36-2)25-14-7-9-16-27(25)31/h3-22,35-36H,1-2H3. The van der Waals surface area contributed by atoms with Crippen LogP contribution in [0.1, 0.15) is 0 Å². The van der Waals surface area contributed by atoms with Crippen LogP contribution in [-0.2, 0) is 0 Å². The van der Waals surface area contributed by atoms with Gasteiger partial charge in [-0.3, -0.25) is 0 Å². The first-order valence-electron chi connectivity index (χ1n) is 13.6. The highest BCUT2D eigenvalue weighted by molar-refractivity contribution is 6.01. The van der Waals surface area contributed by atoms with E-state index in [2.05, 4.69) is 53.5 Å². The maximum absolute atomic E-state index is 4.68.